The molecule has 0 aromatic carbocycles. The maximum absolute atomic E-state index is 10.2. The van der Waals surface area contributed by atoms with Crippen molar-refractivity contribution in [3.8, 4) is 0 Å². The fourth-order valence-electron chi connectivity index (χ4n) is 0.917. The van der Waals surface area contributed by atoms with Gasteiger partial charge in [0.2, 0.25) is 0 Å². The summed E-state index contributed by atoms with van der Waals surface area (Å²) < 4.78 is 0. The minimum atomic E-state index is -0.924. The first-order chi connectivity index (χ1) is 4.22. The first kappa shape index (κ1) is 9.68. The van der Waals surface area contributed by atoms with Crippen LogP contribution in [-0.4, -0.2) is 35.4 Å². The summed E-state index contributed by atoms with van der Waals surface area (Å²) in [6, 6.07) is 0. The van der Waals surface area contributed by atoms with Gasteiger partial charge in [0.1, 0.15) is 0 Å². The third-order valence-electron chi connectivity index (χ3n) is 1.50. The van der Waals surface area contributed by atoms with Gasteiger partial charge >= 0.3 is 5.97 Å². The lowest BCUT2D eigenvalue weighted by molar-refractivity contribution is -0.143. The van der Waals surface area contributed by atoms with Crippen LogP contribution in [0.3, 0.4) is 0 Å². The molecular formula is C5H10ClNO3. The van der Waals surface area contributed by atoms with E-state index in [-0.39, 0.29) is 12.4 Å². The summed E-state index contributed by atoms with van der Waals surface area (Å²) in [6.45, 7) is 0.785. The molecule has 1 heterocycles. The van der Waals surface area contributed by atoms with Crippen molar-refractivity contribution in [3.05, 3.63) is 0 Å². The molecule has 2 atom stereocenters. The van der Waals surface area contributed by atoms with E-state index in [1.807, 2.05) is 0 Å². The molecule has 60 valence electrons. The van der Waals surface area contributed by atoms with Gasteiger partial charge in [-0.15, -0.1) is 12.4 Å². The van der Waals surface area contributed by atoms with Crippen molar-refractivity contribution in [2.45, 2.75) is 6.10 Å². The standard InChI is InChI=1S/C5H9NO3.ClH/c7-4-2-6-1-3(4)5(8)9;/h3-4,6-7H,1-2H2,(H,8,9);1H/t3-,4+;/m1./s1. The molecule has 0 aliphatic carbocycles. The van der Waals surface area contributed by atoms with Gasteiger partial charge in [-0.25, -0.2) is 0 Å². The van der Waals surface area contributed by atoms with Gasteiger partial charge in [0.05, 0.1) is 12.0 Å². The Morgan fingerprint density at radius 3 is 2.30 bits per heavy atom. The van der Waals surface area contributed by atoms with E-state index in [2.05, 4.69) is 5.32 Å². The van der Waals surface area contributed by atoms with Crippen molar-refractivity contribution in [3.63, 3.8) is 0 Å². The minimum Gasteiger partial charge on any atom is -0.481 e. The molecule has 0 unspecified atom stereocenters. The fraction of sp³-hybridized carbons (Fsp3) is 0.800. The van der Waals surface area contributed by atoms with Crippen LogP contribution < -0.4 is 5.32 Å². The summed E-state index contributed by atoms with van der Waals surface area (Å²) in [6.07, 6.45) is -0.706. The number of aliphatic hydroxyl groups excluding tert-OH is 1. The number of β-amino-alcohol motifs (C(OH)–C–C–N with tert-alkyl or cyclic N) is 1. The molecule has 0 spiro atoms. The first-order valence-electron chi connectivity index (χ1n) is 2.83. The van der Waals surface area contributed by atoms with Gasteiger partial charge in [-0.05, 0) is 0 Å². The van der Waals surface area contributed by atoms with Gasteiger partial charge in [-0.2, -0.15) is 0 Å². The Bertz CT molecular complexity index is 130. The molecule has 0 amide bonds. The highest BCUT2D eigenvalue weighted by Crippen LogP contribution is 2.07. The van der Waals surface area contributed by atoms with Crippen molar-refractivity contribution in [2.24, 2.45) is 5.92 Å². The average Bonchev–Trinajstić information content (AvgIpc) is 2.13. The lowest BCUT2D eigenvalue weighted by Gasteiger charge is -2.05. The van der Waals surface area contributed by atoms with E-state index >= 15 is 0 Å². The van der Waals surface area contributed by atoms with Crippen molar-refractivity contribution in [1.29, 1.82) is 0 Å². The molecule has 1 aliphatic rings. The fourth-order valence-corrected chi connectivity index (χ4v) is 0.917. The third-order valence-corrected chi connectivity index (χ3v) is 1.50. The quantitative estimate of drug-likeness (QED) is 0.472. The second-order valence-corrected chi connectivity index (χ2v) is 2.17. The number of aliphatic hydroxyl groups is 1. The number of carboxylic acids is 1. The molecule has 0 bridgehead atoms. The van der Waals surface area contributed by atoms with E-state index in [9.17, 15) is 4.79 Å². The average molecular weight is 168 g/mol. The molecule has 4 nitrogen and oxygen atoms in total. The molecule has 0 aromatic heterocycles. The molecular weight excluding hydrogens is 158 g/mol. The molecule has 10 heavy (non-hydrogen) atoms. The van der Waals surface area contributed by atoms with Crippen molar-refractivity contribution < 1.29 is 15.0 Å². The number of carbonyl (C=O) groups is 1. The highest BCUT2D eigenvalue weighted by Gasteiger charge is 2.30. The Labute approximate surface area is 64.6 Å². The maximum Gasteiger partial charge on any atom is 0.310 e. The van der Waals surface area contributed by atoms with E-state index in [0.717, 1.165) is 0 Å². The van der Waals surface area contributed by atoms with Crippen molar-refractivity contribution >= 4 is 18.4 Å². The van der Waals surface area contributed by atoms with Crippen LogP contribution in [0, 0.1) is 5.92 Å². The van der Waals surface area contributed by atoms with Crippen molar-refractivity contribution in [1.82, 2.24) is 5.32 Å². The summed E-state index contributed by atoms with van der Waals surface area (Å²) >= 11 is 0. The zero-order chi connectivity index (χ0) is 6.85. The van der Waals surface area contributed by atoms with Crippen LogP contribution in [-0.2, 0) is 4.79 Å². The lowest BCUT2D eigenvalue weighted by atomic mass is 10.1. The normalized spacial score (nSPS) is 31.3. The number of halogens is 1. The molecule has 1 aliphatic heterocycles. The van der Waals surface area contributed by atoms with Crippen LogP contribution in [0.2, 0.25) is 0 Å². The Morgan fingerprint density at radius 1 is 1.50 bits per heavy atom. The summed E-state index contributed by atoms with van der Waals surface area (Å²) in [7, 11) is 0. The van der Waals surface area contributed by atoms with Gasteiger partial charge in [-0.3, -0.25) is 4.79 Å². The second kappa shape index (κ2) is 3.75. The molecule has 0 saturated carbocycles. The highest BCUT2D eigenvalue weighted by atomic mass is 35.5. The number of aliphatic carboxylic acids is 1. The van der Waals surface area contributed by atoms with Crippen LogP contribution in [0.25, 0.3) is 0 Å². The number of rotatable bonds is 1. The SMILES string of the molecule is Cl.O=C(O)[C@@H]1CNC[C@@H]1O. The lowest BCUT2D eigenvalue weighted by Crippen LogP contribution is -2.25. The number of hydrogen-bond donors (Lipinski definition) is 3. The predicted molar refractivity (Wildman–Crippen MR) is 37.3 cm³/mol. The van der Waals surface area contributed by atoms with E-state index in [4.69, 9.17) is 10.2 Å². The Kier molecular flexibility index (Phi) is 3.63. The number of carboxylic acid groups (broad SMARTS) is 1. The van der Waals surface area contributed by atoms with Gasteiger partial charge < -0.3 is 15.5 Å². The summed E-state index contributed by atoms with van der Waals surface area (Å²) in [4.78, 5) is 10.2. The van der Waals surface area contributed by atoms with Crippen LogP contribution in [0.4, 0.5) is 0 Å². The Hall–Kier alpha value is -0.320. The number of nitrogens with one attached hydrogen (secondary N) is 1. The smallest absolute Gasteiger partial charge is 0.310 e. The highest BCUT2D eigenvalue weighted by molar-refractivity contribution is 5.85. The van der Waals surface area contributed by atoms with Gasteiger partial charge in [-0.1, -0.05) is 0 Å². The number of hydrogen-bond acceptors (Lipinski definition) is 3. The third kappa shape index (κ3) is 1.83. The van der Waals surface area contributed by atoms with Gasteiger partial charge in [0.25, 0.3) is 0 Å². The first-order valence-corrected chi connectivity index (χ1v) is 2.83. The van der Waals surface area contributed by atoms with Crippen LogP contribution >= 0.6 is 12.4 Å². The Morgan fingerprint density at radius 2 is 2.10 bits per heavy atom. The topological polar surface area (TPSA) is 69.6 Å². The molecule has 1 rings (SSSR count). The van der Waals surface area contributed by atoms with E-state index in [0.29, 0.717) is 13.1 Å². The van der Waals surface area contributed by atoms with Crippen LogP contribution in [0.1, 0.15) is 0 Å². The van der Waals surface area contributed by atoms with E-state index in [1.165, 1.54) is 0 Å². The molecule has 0 radical (unpaired) electrons. The zero-order valence-electron chi connectivity index (χ0n) is 5.28. The summed E-state index contributed by atoms with van der Waals surface area (Å²) in [5.41, 5.74) is 0. The Balaban J connectivity index is 0.000000810. The van der Waals surface area contributed by atoms with E-state index in [1.54, 1.807) is 0 Å². The van der Waals surface area contributed by atoms with Gasteiger partial charge in [0.15, 0.2) is 0 Å². The molecule has 5 heteroatoms. The summed E-state index contributed by atoms with van der Waals surface area (Å²) in [5, 5.41) is 20.1. The maximum atomic E-state index is 10.2. The van der Waals surface area contributed by atoms with Crippen LogP contribution in [0.5, 0.6) is 0 Å². The second-order valence-electron chi connectivity index (χ2n) is 2.17. The molecule has 1 saturated heterocycles. The molecule has 3 N–H and O–H groups in total. The van der Waals surface area contributed by atoms with E-state index < -0.39 is 18.0 Å². The molecule has 0 aromatic rings. The van der Waals surface area contributed by atoms with Crippen molar-refractivity contribution in [2.75, 3.05) is 13.1 Å². The van der Waals surface area contributed by atoms with Crippen LogP contribution in [0.15, 0.2) is 0 Å². The zero-order valence-corrected chi connectivity index (χ0v) is 6.10. The largest absolute Gasteiger partial charge is 0.481 e. The predicted octanol–water partition coefficient (Wildman–Crippen LogP) is -0.927. The minimum absolute atomic E-state index is 0. The monoisotopic (exact) mass is 167 g/mol. The molecule has 1 fully saturated rings. The van der Waals surface area contributed by atoms with Gasteiger partial charge in [0, 0.05) is 13.1 Å². The summed E-state index contributed by atoms with van der Waals surface area (Å²) in [5.74, 6) is -1.53.